The molecule has 0 saturated heterocycles. The van der Waals surface area contributed by atoms with Gasteiger partial charge in [0.1, 0.15) is 0 Å². The second-order valence-corrected chi connectivity index (χ2v) is 5.73. The topological polar surface area (TPSA) is 41.5 Å². The molecule has 0 atom stereocenters. The van der Waals surface area contributed by atoms with E-state index in [0.717, 1.165) is 12.8 Å². The van der Waals surface area contributed by atoms with Crippen LogP contribution in [0, 0.1) is 0 Å². The van der Waals surface area contributed by atoms with E-state index in [9.17, 15) is 4.79 Å². The highest BCUT2D eigenvalue weighted by molar-refractivity contribution is 5.89. The molecule has 0 heterocycles. The first kappa shape index (κ1) is 13.6. The Balaban J connectivity index is 1.62. The standard InChI is InChI=1S/C15H26N2O/c18-15(17-14-9-5-2-6-10-14)11-12-16-13-7-3-1-4-8-13/h12-14H,1-11H2,(H,17,18). The Morgan fingerprint density at radius 1 is 1.00 bits per heavy atom. The molecule has 1 amide bonds. The summed E-state index contributed by atoms with van der Waals surface area (Å²) in [6.07, 6.45) is 14.9. The Hall–Kier alpha value is -0.860. The van der Waals surface area contributed by atoms with E-state index < -0.39 is 0 Å². The van der Waals surface area contributed by atoms with Crippen molar-refractivity contribution in [1.29, 1.82) is 0 Å². The van der Waals surface area contributed by atoms with Gasteiger partial charge in [0.15, 0.2) is 0 Å². The van der Waals surface area contributed by atoms with Crippen LogP contribution in [0.25, 0.3) is 0 Å². The van der Waals surface area contributed by atoms with Crippen molar-refractivity contribution in [3.8, 4) is 0 Å². The van der Waals surface area contributed by atoms with Crippen LogP contribution in [0.15, 0.2) is 4.99 Å². The first-order valence-electron chi connectivity index (χ1n) is 7.65. The summed E-state index contributed by atoms with van der Waals surface area (Å²) in [7, 11) is 0. The summed E-state index contributed by atoms with van der Waals surface area (Å²) in [5.74, 6) is 0.154. The van der Waals surface area contributed by atoms with Crippen LogP contribution in [0.4, 0.5) is 0 Å². The van der Waals surface area contributed by atoms with Gasteiger partial charge in [0.25, 0.3) is 0 Å². The molecule has 2 fully saturated rings. The Kier molecular flexibility index (Phi) is 5.69. The highest BCUT2D eigenvalue weighted by atomic mass is 16.1. The van der Waals surface area contributed by atoms with Crippen LogP contribution < -0.4 is 5.32 Å². The predicted octanol–water partition coefficient (Wildman–Crippen LogP) is 3.23. The fourth-order valence-electron chi connectivity index (χ4n) is 3.05. The molecule has 2 saturated carbocycles. The van der Waals surface area contributed by atoms with Gasteiger partial charge in [0, 0.05) is 18.3 Å². The number of nitrogens with one attached hydrogen (secondary N) is 1. The molecule has 0 radical (unpaired) electrons. The lowest BCUT2D eigenvalue weighted by Gasteiger charge is -2.22. The maximum absolute atomic E-state index is 11.8. The third-order valence-electron chi connectivity index (χ3n) is 4.14. The Bertz CT molecular complexity index is 276. The lowest BCUT2D eigenvalue weighted by molar-refractivity contribution is -0.120. The molecule has 2 aliphatic rings. The maximum atomic E-state index is 11.8. The number of amides is 1. The van der Waals surface area contributed by atoms with E-state index in [1.54, 1.807) is 0 Å². The van der Waals surface area contributed by atoms with Crippen molar-refractivity contribution in [3.63, 3.8) is 0 Å². The molecule has 2 aliphatic carbocycles. The zero-order valence-corrected chi connectivity index (χ0v) is 11.4. The van der Waals surface area contributed by atoms with E-state index >= 15 is 0 Å². The lowest BCUT2D eigenvalue weighted by Crippen LogP contribution is -2.36. The highest BCUT2D eigenvalue weighted by Gasteiger charge is 2.15. The minimum Gasteiger partial charge on any atom is -0.353 e. The fraction of sp³-hybridized carbons (Fsp3) is 0.867. The van der Waals surface area contributed by atoms with Gasteiger partial charge in [-0.3, -0.25) is 9.79 Å². The van der Waals surface area contributed by atoms with Gasteiger partial charge in [-0.1, -0.05) is 38.5 Å². The number of carbonyl (C=O) groups is 1. The van der Waals surface area contributed by atoms with Crippen molar-refractivity contribution in [2.75, 3.05) is 0 Å². The smallest absolute Gasteiger partial charge is 0.225 e. The molecular formula is C15H26N2O. The van der Waals surface area contributed by atoms with Crippen molar-refractivity contribution >= 4 is 12.1 Å². The number of hydrogen-bond donors (Lipinski definition) is 1. The Morgan fingerprint density at radius 2 is 1.61 bits per heavy atom. The second-order valence-electron chi connectivity index (χ2n) is 5.73. The molecule has 0 aromatic carbocycles. The third kappa shape index (κ3) is 4.79. The summed E-state index contributed by atoms with van der Waals surface area (Å²) in [6.45, 7) is 0. The number of carbonyl (C=O) groups excluding carboxylic acids is 1. The Labute approximate surface area is 110 Å². The van der Waals surface area contributed by atoms with Crippen molar-refractivity contribution in [1.82, 2.24) is 5.32 Å². The fourth-order valence-corrected chi connectivity index (χ4v) is 3.05. The zero-order valence-electron chi connectivity index (χ0n) is 11.4. The third-order valence-corrected chi connectivity index (χ3v) is 4.14. The minimum atomic E-state index is 0.154. The number of nitrogens with zero attached hydrogens (tertiary/aromatic N) is 1. The number of hydrogen-bond acceptors (Lipinski definition) is 2. The van der Waals surface area contributed by atoms with E-state index in [2.05, 4.69) is 10.3 Å². The van der Waals surface area contributed by atoms with Gasteiger partial charge in [0.05, 0.1) is 6.42 Å². The van der Waals surface area contributed by atoms with Gasteiger partial charge in [-0.2, -0.15) is 0 Å². The van der Waals surface area contributed by atoms with Crippen LogP contribution in [0.2, 0.25) is 0 Å². The van der Waals surface area contributed by atoms with Crippen molar-refractivity contribution in [2.24, 2.45) is 4.99 Å². The molecule has 0 aliphatic heterocycles. The molecule has 0 aromatic heterocycles. The molecule has 0 aromatic rings. The molecular weight excluding hydrogens is 224 g/mol. The average Bonchev–Trinajstić information content (AvgIpc) is 2.41. The van der Waals surface area contributed by atoms with E-state index in [4.69, 9.17) is 0 Å². The van der Waals surface area contributed by atoms with Gasteiger partial charge in [0.2, 0.25) is 5.91 Å². The van der Waals surface area contributed by atoms with Crippen LogP contribution in [-0.2, 0) is 4.79 Å². The van der Waals surface area contributed by atoms with Gasteiger partial charge >= 0.3 is 0 Å². The maximum Gasteiger partial charge on any atom is 0.225 e. The highest BCUT2D eigenvalue weighted by Crippen LogP contribution is 2.20. The number of rotatable bonds is 4. The first-order chi connectivity index (χ1) is 8.84. The lowest BCUT2D eigenvalue weighted by atomic mass is 9.95. The Morgan fingerprint density at radius 3 is 2.28 bits per heavy atom. The van der Waals surface area contributed by atoms with E-state index in [-0.39, 0.29) is 5.91 Å². The molecule has 0 bridgehead atoms. The van der Waals surface area contributed by atoms with E-state index in [1.807, 2.05) is 6.21 Å². The quantitative estimate of drug-likeness (QED) is 0.765. The number of aliphatic imine (C=N–C) groups is 1. The molecule has 0 unspecified atom stereocenters. The molecule has 2 rings (SSSR count). The molecule has 18 heavy (non-hydrogen) atoms. The summed E-state index contributed by atoms with van der Waals surface area (Å²) < 4.78 is 0. The zero-order chi connectivity index (χ0) is 12.6. The normalized spacial score (nSPS) is 23.3. The summed E-state index contributed by atoms with van der Waals surface area (Å²) in [5, 5.41) is 3.13. The van der Waals surface area contributed by atoms with Crippen LogP contribution in [0.5, 0.6) is 0 Å². The van der Waals surface area contributed by atoms with Crippen LogP contribution in [-0.4, -0.2) is 24.2 Å². The minimum absolute atomic E-state index is 0.154. The van der Waals surface area contributed by atoms with E-state index in [1.165, 1.54) is 51.4 Å². The van der Waals surface area contributed by atoms with Gasteiger partial charge in [-0.05, 0) is 25.7 Å². The second kappa shape index (κ2) is 7.55. The van der Waals surface area contributed by atoms with Crippen LogP contribution >= 0.6 is 0 Å². The first-order valence-corrected chi connectivity index (χ1v) is 7.65. The van der Waals surface area contributed by atoms with Crippen LogP contribution in [0.1, 0.15) is 70.6 Å². The molecule has 3 nitrogen and oxygen atoms in total. The summed E-state index contributed by atoms with van der Waals surface area (Å²) in [4.78, 5) is 16.3. The molecule has 3 heteroatoms. The van der Waals surface area contributed by atoms with Gasteiger partial charge < -0.3 is 5.32 Å². The van der Waals surface area contributed by atoms with Crippen molar-refractivity contribution in [2.45, 2.75) is 82.7 Å². The van der Waals surface area contributed by atoms with Gasteiger partial charge in [-0.15, -0.1) is 0 Å². The molecule has 1 N–H and O–H groups in total. The average molecular weight is 250 g/mol. The molecule has 102 valence electrons. The predicted molar refractivity (Wildman–Crippen MR) is 75.0 cm³/mol. The van der Waals surface area contributed by atoms with Crippen LogP contribution in [0.3, 0.4) is 0 Å². The summed E-state index contributed by atoms with van der Waals surface area (Å²) in [6, 6.07) is 0.913. The SMILES string of the molecule is O=C(CC=NC1CCCCC1)NC1CCCCC1. The summed E-state index contributed by atoms with van der Waals surface area (Å²) >= 11 is 0. The van der Waals surface area contributed by atoms with Gasteiger partial charge in [-0.25, -0.2) is 0 Å². The van der Waals surface area contributed by atoms with E-state index in [0.29, 0.717) is 18.5 Å². The molecule has 0 spiro atoms. The summed E-state index contributed by atoms with van der Waals surface area (Å²) in [5.41, 5.74) is 0. The van der Waals surface area contributed by atoms with Crippen molar-refractivity contribution < 1.29 is 4.79 Å². The van der Waals surface area contributed by atoms with Crippen molar-refractivity contribution in [3.05, 3.63) is 0 Å². The monoisotopic (exact) mass is 250 g/mol. The largest absolute Gasteiger partial charge is 0.353 e.